The first kappa shape index (κ1) is 24.2. The highest BCUT2D eigenvalue weighted by Crippen LogP contribution is 2.39. The molecule has 36 heavy (non-hydrogen) atoms. The number of anilines is 1. The van der Waals surface area contributed by atoms with Crippen molar-refractivity contribution >= 4 is 44.9 Å². The number of halogens is 1. The molecule has 5 rings (SSSR count). The fourth-order valence-electron chi connectivity index (χ4n) is 4.52. The smallest absolute Gasteiger partial charge is 0.226 e. The molecule has 0 bridgehead atoms. The van der Waals surface area contributed by atoms with Crippen LogP contribution in [-0.4, -0.2) is 32.0 Å². The van der Waals surface area contributed by atoms with Gasteiger partial charge in [-0.3, -0.25) is 9.78 Å². The molecule has 2 atom stereocenters. The van der Waals surface area contributed by atoms with Crippen LogP contribution < -0.4 is 10.6 Å². The van der Waals surface area contributed by atoms with E-state index >= 15 is 0 Å². The SMILES string of the molecule is Cc1ccc(NC(=O)CCN2C(=S)N[C@H](c3ccccn3)[C@@H]2c2cccn2-c2ccc(Br)cc2)cc1. The molecular formula is C28H26BrN5OS. The van der Waals surface area contributed by atoms with Crippen LogP contribution in [0.25, 0.3) is 5.69 Å². The van der Waals surface area contributed by atoms with E-state index < -0.39 is 0 Å². The van der Waals surface area contributed by atoms with Crippen molar-refractivity contribution in [2.45, 2.75) is 25.4 Å². The van der Waals surface area contributed by atoms with Gasteiger partial charge in [0.1, 0.15) is 0 Å². The molecule has 2 N–H and O–H groups in total. The number of nitrogens with zero attached hydrogens (tertiary/aromatic N) is 3. The second-order valence-corrected chi connectivity index (χ2v) is 10.1. The maximum Gasteiger partial charge on any atom is 0.226 e. The fourth-order valence-corrected chi connectivity index (χ4v) is 5.12. The molecule has 182 valence electrons. The van der Waals surface area contributed by atoms with Crippen molar-refractivity contribution < 1.29 is 4.79 Å². The Labute approximate surface area is 224 Å². The summed E-state index contributed by atoms with van der Waals surface area (Å²) in [5.74, 6) is -0.0509. The van der Waals surface area contributed by atoms with Crippen LogP contribution in [0.15, 0.2) is 95.7 Å². The number of thiocarbonyl (C=S) groups is 1. The highest BCUT2D eigenvalue weighted by atomic mass is 79.9. The summed E-state index contributed by atoms with van der Waals surface area (Å²) in [6.45, 7) is 2.50. The molecule has 0 unspecified atom stereocenters. The molecule has 4 aromatic rings. The third-order valence-electron chi connectivity index (χ3n) is 6.30. The predicted molar refractivity (Wildman–Crippen MR) is 150 cm³/mol. The molecule has 1 amide bonds. The van der Waals surface area contributed by atoms with E-state index in [0.29, 0.717) is 18.1 Å². The third-order valence-corrected chi connectivity index (χ3v) is 7.18. The van der Waals surface area contributed by atoms with E-state index in [0.717, 1.165) is 32.8 Å². The number of nitrogens with one attached hydrogen (secondary N) is 2. The van der Waals surface area contributed by atoms with Crippen molar-refractivity contribution in [3.63, 3.8) is 0 Å². The molecule has 1 fully saturated rings. The number of benzene rings is 2. The molecule has 0 aliphatic carbocycles. The summed E-state index contributed by atoms with van der Waals surface area (Å²) in [6, 6.07) is 25.8. The Kier molecular flexibility index (Phi) is 7.16. The lowest BCUT2D eigenvalue weighted by Crippen LogP contribution is -2.33. The fraction of sp³-hybridized carbons (Fsp3) is 0.179. The largest absolute Gasteiger partial charge is 0.352 e. The first-order chi connectivity index (χ1) is 17.5. The zero-order valence-electron chi connectivity index (χ0n) is 19.8. The van der Waals surface area contributed by atoms with Gasteiger partial charge in [-0.05, 0) is 79.8 Å². The van der Waals surface area contributed by atoms with Crippen LogP contribution >= 0.6 is 28.1 Å². The van der Waals surface area contributed by atoms with Gasteiger partial charge < -0.3 is 20.1 Å². The molecule has 1 aliphatic rings. The van der Waals surface area contributed by atoms with Crippen molar-refractivity contribution in [3.05, 3.63) is 113 Å². The summed E-state index contributed by atoms with van der Waals surface area (Å²) in [6.07, 6.45) is 4.15. The molecule has 8 heteroatoms. The topological polar surface area (TPSA) is 62.2 Å². The molecular weight excluding hydrogens is 534 g/mol. The quantitative estimate of drug-likeness (QED) is 0.274. The lowest BCUT2D eigenvalue weighted by atomic mass is 10.0. The van der Waals surface area contributed by atoms with Crippen molar-refractivity contribution in [2.75, 3.05) is 11.9 Å². The molecule has 0 saturated carbocycles. The van der Waals surface area contributed by atoms with Gasteiger partial charge in [0.15, 0.2) is 5.11 Å². The molecule has 0 spiro atoms. The van der Waals surface area contributed by atoms with Crippen LogP contribution in [0.3, 0.4) is 0 Å². The number of hydrogen-bond donors (Lipinski definition) is 2. The lowest BCUT2D eigenvalue weighted by molar-refractivity contribution is -0.116. The van der Waals surface area contributed by atoms with E-state index in [-0.39, 0.29) is 18.0 Å². The van der Waals surface area contributed by atoms with Gasteiger partial charge in [-0.25, -0.2) is 0 Å². The van der Waals surface area contributed by atoms with E-state index in [2.05, 4.69) is 65.4 Å². The molecule has 0 radical (unpaired) electrons. The molecule has 2 aromatic carbocycles. The zero-order valence-corrected chi connectivity index (χ0v) is 22.2. The summed E-state index contributed by atoms with van der Waals surface area (Å²) in [4.78, 5) is 19.5. The summed E-state index contributed by atoms with van der Waals surface area (Å²) in [5, 5.41) is 7.07. The Bertz CT molecular complexity index is 1350. The van der Waals surface area contributed by atoms with Gasteiger partial charge in [0.25, 0.3) is 0 Å². The number of aryl methyl sites for hydroxylation is 1. The van der Waals surface area contributed by atoms with Crippen LogP contribution in [-0.2, 0) is 4.79 Å². The molecule has 1 saturated heterocycles. The molecule has 2 aromatic heterocycles. The summed E-state index contributed by atoms with van der Waals surface area (Å²) < 4.78 is 3.19. The molecule has 3 heterocycles. The van der Waals surface area contributed by atoms with E-state index in [1.165, 1.54) is 0 Å². The number of aromatic nitrogens is 2. The van der Waals surface area contributed by atoms with Gasteiger partial charge in [0.2, 0.25) is 5.91 Å². The number of pyridine rings is 1. The van der Waals surface area contributed by atoms with E-state index in [9.17, 15) is 4.79 Å². The zero-order chi connectivity index (χ0) is 25.1. The van der Waals surface area contributed by atoms with Gasteiger partial charge in [-0.2, -0.15) is 0 Å². The number of carbonyl (C=O) groups is 1. The highest BCUT2D eigenvalue weighted by Gasteiger charge is 2.41. The van der Waals surface area contributed by atoms with E-state index in [1.807, 2.05) is 67.6 Å². The normalized spacial score (nSPS) is 17.2. The summed E-state index contributed by atoms with van der Waals surface area (Å²) >= 11 is 9.30. The minimum Gasteiger partial charge on any atom is -0.352 e. The van der Waals surface area contributed by atoms with Crippen LogP contribution in [0, 0.1) is 6.92 Å². The number of rotatable bonds is 7. The van der Waals surface area contributed by atoms with Crippen LogP contribution in [0.4, 0.5) is 5.69 Å². The Balaban J connectivity index is 1.43. The maximum absolute atomic E-state index is 12.8. The molecule has 6 nitrogen and oxygen atoms in total. The first-order valence-electron chi connectivity index (χ1n) is 11.8. The Morgan fingerprint density at radius 1 is 1.06 bits per heavy atom. The van der Waals surface area contributed by atoms with E-state index in [1.54, 1.807) is 6.20 Å². The first-order valence-corrected chi connectivity index (χ1v) is 13.0. The maximum atomic E-state index is 12.8. The Hall–Kier alpha value is -3.49. The second kappa shape index (κ2) is 10.6. The average Bonchev–Trinajstić information content (AvgIpc) is 3.49. The van der Waals surface area contributed by atoms with Gasteiger partial charge in [-0.1, -0.05) is 39.7 Å². The van der Waals surface area contributed by atoms with Crippen LogP contribution in [0.2, 0.25) is 0 Å². The summed E-state index contributed by atoms with van der Waals surface area (Å²) in [5.41, 5.74) is 4.96. The number of carbonyl (C=O) groups excluding carboxylic acids is 1. The lowest BCUT2D eigenvalue weighted by Gasteiger charge is -2.29. The van der Waals surface area contributed by atoms with Crippen LogP contribution in [0.1, 0.15) is 35.5 Å². The van der Waals surface area contributed by atoms with Crippen molar-refractivity contribution in [1.29, 1.82) is 0 Å². The monoisotopic (exact) mass is 559 g/mol. The third kappa shape index (κ3) is 5.20. The van der Waals surface area contributed by atoms with Crippen LogP contribution in [0.5, 0.6) is 0 Å². The van der Waals surface area contributed by atoms with E-state index in [4.69, 9.17) is 12.2 Å². The van der Waals surface area contributed by atoms with Gasteiger partial charge in [0.05, 0.1) is 17.8 Å². The minimum atomic E-state index is -0.150. The highest BCUT2D eigenvalue weighted by molar-refractivity contribution is 9.10. The minimum absolute atomic E-state index is 0.0509. The number of hydrogen-bond acceptors (Lipinski definition) is 3. The molecule has 1 aliphatic heterocycles. The Morgan fingerprint density at radius 3 is 2.56 bits per heavy atom. The van der Waals surface area contributed by atoms with Crippen molar-refractivity contribution in [3.8, 4) is 5.69 Å². The van der Waals surface area contributed by atoms with Gasteiger partial charge in [-0.15, -0.1) is 0 Å². The Morgan fingerprint density at radius 2 is 1.83 bits per heavy atom. The van der Waals surface area contributed by atoms with Gasteiger partial charge in [0, 0.05) is 46.9 Å². The van der Waals surface area contributed by atoms with Gasteiger partial charge >= 0.3 is 0 Å². The summed E-state index contributed by atoms with van der Waals surface area (Å²) in [7, 11) is 0. The predicted octanol–water partition coefficient (Wildman–Crippen LogP) is 5.94. The van der Waals surface area contributed by atoms with Crippen molar-refractivity contribution in [1.82, 2.24) is 19.8 Å². The number of amides is 1. The standard InChI is InChI=1S/C28H26BrN5OS/c1-19-7-11-21(12-8-19)31-25(35)15-18-34-27(26(32-28(34)36)23-5-2-3-16-30-23)24-6-4-17-33(24)22-13-9-20(29)10-14-22/h2-14,16-17,26-27H,15,18H2,1H3,(H,31,35)(H,32,36)/t26-,27+/m1/s1. The average molecular weight is 561 g/mol. The van der Waals surface area contributed by atoms with Crippen molar-refractivity contribution in [2.24, 2.45) is 0 Å². The second-order valence-electron chi connectivity index (χ2n) is 8.76.